The van der Waals surface area contributed by atoms with Gasteiger partial charge in [0, 0.05) is 35.1 Å². The van der Waals surface area contributed by atoms with E-state index in [9.17, 15) is 0 Å². The van der Waals surface area contributed by atoms with Crippen molar-refractivity contribution in [2.45, 2.75) is 18.9 Å². The average molecular weight is 449 g/mol. The van der Waals surface area contributed by atoms with Gasteiger partial charge in [-0.2, -0.15) is 0 Å². The molecule has 0 amide bonds. The molecule has 1 saturated heterocycles. The first-order valence-corrected chi connectivity index (χ1v) is 10.6. The molecule has 5 rings (SSSR count). The Morgan fingerprint density at radius 3 is 2.66 bits per heavy atom. The highest BCUT2D eigenvalue weighted by Gasteiger charge is 2.19. The molecule has 0 radical (unpaired) electrons. The molecule has 1 aliphatic heterocycles. The zero-order valence-corrected chi connectivity index (χ0v) is 17.5. The third-order valence-electron chi connectivity index (χ3n) is 5.29. The molecule has 146 valence electrons. The molecule has 1 fully saturated rings. The molecule has 29 heavy (non-hydrogen) atoms. The summed E-state index contributed by atoms with van der Waals surface area (Å²) in [5, 5.41) is 4.54. The number of benzene rings is 2. The van der Waals surface area contributed by atoms with Crippen LogP contribution in [-0.4, -0.2) is 33.8 Å². The van der Waals surface area contributed by atoms with Gasteiger partial charge in [0.1, 0.15) is 12.1 Å². The number of ether oxygens (including phenoxy) is 1. The van der Waals surface area contributed by atoms with Gasteiger partial charge in [0.15, 0.2) is 5.65 Å². The lowest BCUT2D eigenvalue weighted by atomic mass is 10.1. The Kier molecular flexibility index (Phi) is 5.04. The number of hydrogen-bond acceptors (Lipinski definition) is 4. The molecule has 0 unspecified atom stereocenters. The van der Waals surface area contributed by atoms with Crippen LogP contribution in [0.4, 0.5) is 5.82 Å². The lowest BCUT2D eigenvalue weighted by molar-refractivity contribution is 0.120. The minimum Gasteiger partial charge on any atom is -0.376 e. The van der Waals surface area contributed by atoms with Gasteiger partial charge in [0.05, 0.1) is 11.5 Å². The van der Waals surface area contributed by atoms with Gasteiger partial charge in [-0.3, -0.25) is 0 Å². The largest absolute Gasteiger partial charge is 0.376 e. The molecule has 1 aliphatic rings. The second-order valence-electron chi connectivity index (χ2n) is 7.19. The smallest absolute Gasteiger partial charge is 0.150 e. The minimum atomic E-state index is 0.244. The number of aromatic nitrogens is 3. The number of hydrogen-bond donors (Lipinski definition) is 1. The SMILES string of the molecule is Brc1ccc(-n2cc(-c3ccccc3)c3c(NC[C@@H]4CCCO4)ncnc32)cc1. The highest BCUT2D eigenvalue weighted by molar-refractivity contribution is 9.10. The molecule has 0 saturated carbocycles. The van der Waals surface area contributed by atoms with Gasteiger partial charge < -0.3 is 14.6 Å². The predicted octanol–water partition coefficient (Wildman–Crippen LogP) is 5.44. The molecule has 2 aromatic carbocycles. The summed E-state index contributed by atoms with van der Waals surface area (Å²) in [6, 6.07) is 18.6. The summed E-state index contributed by atoms with van der Waals surface area (Å²) < 4.78 is 8.95. The van der Waals surface area contributed by atoms with Crippen molar-refractivity contribution >= 4 is 32.8 Å². The fraction of sp³-hybridized carbons (Fsp3) is 0.217. The quantitative estimate of drug-likeness (QED) is 0.441. The fourth-order valence-electron chi connectivity index (χ4n) is 3.85. The van der Waals surface area contributed by atoms with Crippen LogP contribution >= 0.6 is 15.9 Å². The number of fused-ring (bicyclic) bond motifs is 1. The normalized spacial score (nSPS) is 16.4. The van der Waals surface area contributed by atoms with Crippen molar-refractivity contribution in [2.24, 2.45) is 0 Å². The van der Waals surface area contributed by atoms with Crippen molar-refractivity contribution in [3.63, 3.8) is 0 Å². The van der Waals surface area contributed by atoms with Gasteiger partial charge in [-0.25, -0.2) is 9.97 Å². The lowest BCUT2D eigenvalue weighted by Gasteiger charge is -2.12. The van der Waals surface area contributed by atoms with Crippen LogP contribution in [0.1, 0.15) is 12.8 Å². The van der Waals surface area contributed by atoms with E-state index in [0.717, 1.165) is 64.1 Å². The maximum absolute atomic E-state index is 5.77. The van der Waals surface area contributed by atoms with Crippen molar-refractivity contribution in [2.75, 3.05) is 18.5 Å². The molecule has 4 aromatic rings. The zero-order chi connectivity index (χ0) is 19.6. The number of rotatable bonds is 5. The van der Waals surface area contributed by atoms with Gasteiger partial charge in [0.2, 0.25) is 0 Å². The third kappa shape index (κ3) is 3.66. The second-order valence-corrected chi connectivity index (χ2v) is 8.11. The molecule has 1 N–H and O–H groups in total. The van der Waals surface area contributed by atoms with Crippen molar-refractivity contribution in [1.82, 2.24) is 14.5 Å². The standard InChI is InChI=1S/C23H21BrN4O/c24-17-8-10-18(11-9-17)28-14-20(16-5-2-1-3-6-16)21-22(26-15-27-23(21)28)25-13-19-7-4-12-29-19/h1-3,5-6,8-11,14-15,19H,4,7,12-13H2,(H,25,26,27)/t19-/m0/s1. The Labute approximate surface area is 177 Å². The Morgan fingerprint density at radius 2 is 1.90 bits per heavy atom. The first-order chi connectivity index (χ1) is 14.3. The zero-order valence-electron chi connectivity index (χ0n) is 15.9. The summed E-state index contributed by atoms with van der Waals surface area (Å²) >= 11 is 3.52. The van der Waals surface area contributed by atoms with Crippen molar-refractivity contribution < 1.29 is 4.74 Å². The summed E-state index contributed by atoms with van der Waals surface area (Å²) in [7, 11) is 0. The van der Waals surface area contributed by atoms with Crippen LogP contribution in [0.3, 0.4) is 0 Å². The maximum atomic E-state index is 5.77. The molecule has 2 aromatic heterocycles. The first-order valence-electron chi connectivity index (χ1n) is 9.82. The molecular weight excluding hydrogens is 428 g/mol. The Bertz CT molecular complexity index is 1120. The molecule has 3 heterocycles. The molecule has 5 nitrogen and oxygen atoms in total. The van der Waals surface area contributed by atoms with E-state index in [2.05, 4.69) is 78.4 Å². The maximum Gasteiger partial charge on any atom is 0.150 e. The van der Waals surface area contributed by atoms with E-state index >= 15 is 0 Å². The molecule has 0 spiro atoms. The van der Waals surface area contributed by atoms with Crippen molar-refractivity contribution in [3.8, 4) is 16.8 Å². The molecule has 1 atom stereocenters. The summed E-state index contributed by atoms with van der Waals surface area (Å²) in [5.74, 6) is 0.847. The number of nitrogens with zero attached hydrogens (tertiary/aromatic N) is 3. The Hall–Kier alpha value is -2.70. The molecule has 0 bridgehead atoms. The fourth-order valence-corrected chi connectivity index (χ4v) is 4.11. The summed E-state index contributed by atoms with van der Waals surface area (Å²) in [6.07, 6.45) is 6.24. The van der Waals surface area contributed by atoms with Crippen LogP contribution in [0.15, 0.2) is 71.6 Å². The van der Waals surface area contributed by atoms with Crippen LogP contribution in [0.5, 0.6) is 0 Å². The van der Waals surface area contributed by atoms with Crippen LogP contribution in [-0.2, 0) is 4.74 Å². The third-order valence-corrected chi connectivity index (χ3v) is 5.82. The van der Waals surface area contributed by atoms with Gasteiger partial charge in [-0.05, 0) is 42.7 Å². The highest BCUT2D eigenvalue weighted by Crippen LogP contribution is 2.35. The van der Waals surface area contributed by atoms with Gasteiger partial charge in [0.25, 0.3) is 0 Å². The Morgan fingerprint density at radius 1 is 1.07 bits per heavy atom. The lowest BCUT2D eigenvalue weighted by Crippen LogP contribution is -2.19. The van der Waals surface area contributed by atoms with E-state index in [1.54, 1.807) is 6.33 Å². The number of nitrogens with one attached hydrogen (secondary N) is 1. The summed E-state index contributed by atoms with van der Waals surface area (Å²) in [4.78, 5) is 9.21. The monoisotopic (exact) mass is 448 g/mol. The number of anilines is 1. The summed E-state index contributed by atoms with van der Waals surface area (Å²) in [5.41, 5.74) is 4.20. The number of halogens is 1. The van der Waals surface area contributed by atoms with Crippen LogP contribution < -0.4 is 5.32 Å². The highest BCUT2D eigenvalue weighted by atomic mass is 79.9. The van der Waals surface area contributed by atoms with Crippen molar-refractivity contribution in [3.05, 3.63) is 71.6 Å². The van der Waals surface area contributed by atoms with E-state index in [1.165, 1.54) is 0 Å². The predicted molar refractivity (Wildman–Crippen MR) is 119 cm³/mol. The first kappa shape index (κ1) is 18.3. The molecular formula is C23H21BrN4O. The van der Waals surface area contributed by atoms with Gasteiger partial charge in [-0.1, -0.05) is 46.3 Å². The topological polar surface area (TPSA) is 52.0 Å². The Balaban J connectivity index is 1.65. The van der Waals surface area contributed by atoms with Gasteiger partial charge >= 0.3 is 0 Å². The van der Waals surface area contributed by atoms with Crippen molar-refractivity contribution in [1.29, 1.82) is 0 Å². The van der Waals surface area contributed by atoms with E-state index in [4.69, 9.17) is 4.74 Å². The van der Waals surface area contributed by atoms with E-state index in [-0.39, 0.29) is 6.10 Å². The van der Waals surface area contributed by atoms with Crippen LogP contribution in [0.25, 0.3) is 27.8 Å². The molecule has 6 heteroatoms. The second kappa shape index (κ2) is 7.97. The van der Waals surface area contributed by atoms with E-state index in [1.807, 2.05) is 18.2 Å². The van der Waals surface area contributed by atoms with E-state index in [0.29, 0.717) is 0 Å². The van der Waals surface area contributed by atoms with Crippen LogP contribution in [0.2, 0.25) is 0 Å². The van der Waals surface area contributed by atoms with Gasteiger partial charge in [-0.15, -0.1) is 0 Å². The van der Waals surface area contributed by atoms with E-state index < -0.39 is 0 Å². The minimum absolute atomic E-state index is 0.244. The summed E-state index contributed by atoms with van der Waals surface area (Å²) in [6.45, 7) is 1.60. The average Bonchev–Trinajstić information content (AvgIpc) is 3.42. The van der Waals surface area contributed by atoms with Crippen LogP contribution in [0, 0.1) is 0 Å². The molecule has 0 aliphatic carbocycles.